The van der Waals surface area contributed by atoms with Crippen LogP contribution in [0.5, 0.6) is 0 Å². The molecule has 3 nitrogen and oxygen atoms in total. The van der Waals surface area contributed by atoms with Gasteiger partial charge in [-0.25, -0.2) is 4.39 Å². The van der Waals surface area contributed by atoms with Crippen molar-refractivity contribution in [1.82, 2.24) is 10.2 Å². The first-order valence-corrected chi connectivity index (χ1v) is 10.5. The molecule has 0 unspecified atom stereocenters. The fraction of sp³-hybridized carbons (Fsp3) is 0.458. The Morgan fingerprint density at radius 3 is 2.57 bits per heavy atom. The van der Waals surface area contributed by atoms with E-state index in [1.54, 1.807) is 0 Å². The molecule has 1 amide bonds. The van der Waals surface area contributed by atoms with E-state index in [2.05, 4.69) is 35.3 Å². The predicted octanol–water partition coefficient (Wildman–Crippen LogP) is 4.40. The van der Waals surface area contributed by atoms with Crippen LogP contribution in [0, 0.1) is 11.7 Å². The van der Waals surface area contributed by atoms with Gasteiger partial charge in [-0.1, -0.05) is 30.3 Å². The van der Waals surface area contributed by atoms with Gasteiger partial charge in [0.05, 0.1) is 6.04 Å². The third kappa shape index (κ3) is 4.44. The number of benzene rings is 2. The van der Waals surface area contributed by atoms with Crippen LogP contribution in [0.1, 0.15) is 54.5 Å². The Morgan fingerprint density at radius 2 is 1.82 bits per heavy atom. The van der Waals surface area contributed by atoms with Gasteiger partial charge in [0.2, 0.25) is 5.91 Å². The second-order valence-corrected chi connectivity index (χ2v) is 8.29. The molecule has 1 saturated heterocycles. The van der Waals surface area contributed by atoms with Gasteiger partial charge in [0.15, 0.2) is 0 Å². The van der Waals surface area contributed by atoms with Crippen molar-refractivity contribution in [3.63, 3.8) is 0 Å². The number of nitrogens with one attached hydrogen (secondary N) is 1. The van der Waals surface area contributed by atoms with Gasteiger partial charge in [-0.15, -0.1) is 0 Å². The Morgan fingerprint density at radius 1 is 1.11 bits per heavy atom. The minimum absolute atomic E-state index is 0.0515. The van der Waals surface area contributed by atoms with E-state index in [0.717, 1.165) is 44.5 Å². The van der Waals surface area contributed by atoms with Crippen LogP contribution >= 0.6 is 0 Å². The summed E-state index contributed by atoms with van der Waals surface area (Å²) >= 11 is 0. The number of carbonyl (C=O) groups excluding carboxylic acids is 1. The molecule has 4 heteroatoms. The second-order valence-electron chi connectivity index (χ2n) is 8.29. The molecule has 2 aliphatic rings. The molecule has 0 aromatic heterocycles. The summed E-state index contributed by atoms with van der Waals surface area (Å²) in [5.74, 6) is 0.0624. The van der Waals surface area contributed by atoms with Gasteiger partial charge >= 0.3 is 0 Å². The van der Waals surface area contributed by atoms with Crippen LogP contribution in [0.15, 0.2) is 42.5 Å². The largest absolute Gasteiger partial charge is 0.349 e. The molecule has 2 aromatic carbocycles. The van der Waals surface area contributed by atoms with Gasteiger partial charge in [-0.05, 0) is 86.5 Å². The maximum absolute atomic E-state index is 13.0. The number of piperidine rings is 1. The molecule has 0 radical (unpaired) electrons. The van der Waals surface area contributed by atoms with E-state index in [4.69, 9.17) is 0 Å². The molecule has 1 N–H and O–H groups in total. The molecular formula is C24H29FN2O. The van der Waals surface area contributed by atoms with E-state index in [1.165, 1.54) is 41.7 Å². The highest BCUT2D eigenvalue weighted by atomic mass is 19.1. The molecule has 1 heterocycles. The van der Waals surface area contributed by atoms with Gasteiger partial charge in [0, 0.05) is 12.5 Å². The van der Waals surface area contributed by atoms with Crippen molar-refractivity contribution in [3.05, 3.63) is 70.5 Å². The molecule has 1 aliphatic heterocycles. The molecule has 1 aliphatic carbocycles. The fourth-order valence-corrected chi connectivity index (χ4v) is 4.48. The number of nitrogens with zero attached hydrogens (tertiary/aromatic N) is 1. The van der Waals surface area contributed by atoms with Crippen LogP contribution < -0.4 is 5.32 Å². The van der Waals surface area contributed by atoms with Gasteiger partial charge in [0.25, 0.3) is 0 Å². The molecule has 148 valence electrons. The smallest absolute Gasteiger partial charge is 0.223 e. The molecule has 0 saturated carbocycles. The SMILES string of the molecule is C[C@H](NC(=O)C1CCN(Cc2ccc(F)cc2)CC1)c1ccc2c(c1)CCC2. The first-order chi connectivity index (χ1) is 13.6. The minimum Gasteiger partial charge on any atom is -0.349 e. The zero-order valence-corrected chi connectivity index (χ0v) is 16.6. The summed E-state index contributed by atoms with van der Waals surface area (Å²) in [6.45, 7) is 4.71. The van der Waals surface area contributed by atoms with Crippen molar-refractivity contribution < 1.29 is 9.18 Å². The maximum Gasteiger partial charge on any atom is 0.223 e. The monoisotopic (exact) mass is 380 g/mol. The van der Waals surface area contributed by atoms with Crippen LogP contribution in [-0.4, -0.2) is 23.9 Å². The van der Waals surface area contributed by atoms with Crippen LogP contribution in [0.3, 0.4) is 0 Å². The Hall–Kier alpha value is -2.20. The lowest BCUT2D eigenvalue weighted by molar-refractivity contribution is -0.127. The lowest BCUT2D eigenvalue weighted by atomic mass is 9.94. The molecule has 1 fully saturated rings. The third-order valence-corrected chi connectivity index (χ3v) is 6.26. The first kappa shape index (κ1) is 19.1. The summed E-state index contributed by atoms with van der Waals surface area (Å²) in [6.07, 6.45) is 5.35. The van der Waals surface area contributed by atoms with E-state index in [0.29, 0.717) is 0 Å². The number of halogens is 1. The highest BCUT2D eigenvalue weighted by molar-refractivity contribution is 5.79. The number of aryl methyl sites for hydroxylation is 2. The zero-order valence-electron chi connectivity index (χ0n) is 16.6. The summed E-state index contributed by atoms with van der Waals surface area (Å²) in [5, 5.41) is 3.23. The number of rotatable bonds is 5. The standard InChI is InChI=1S/C24H29FN2O/c1-17(21-8-7-19-3-2-4-22(19)15-21)26-24(28)20-11-13-27(14-12-20)16-18-5-9-23(25)10-6-18/h5-10,15,17,20H,2-4,11-14,16H2,1H3,(H,26,28)/t17-/m0/s1. The van der Waals surface area contributed by atoms with E-state index >= 15 is 0 Å². The number of hydrogen-bond acceptors (Lipinski definition) is 2. The van der Waals surface area contributed by atoms with E-state index < -0.39 is 0 Å². The molecular weight excluding hydrogens is 351 g/mol. The van der Waals surface area contributed by atoms with Gasteiger partial charge in [0.1, 0.15) is 5.82 Å². The number of carbonyl (C=O) groups is 1. The topological polar surface area (TPSA) is 32.3 Å². The third-order valence-electron chi connectivity index (χ3n) is 6.26. The van der Waals surface area contributed by atoms with E-state index in [9.17, 15) is 9.18 Å². The predicted molar refractivity (Wildman–Crippen MR) is 109 cm³/mol. The van der Waals surface area contributed by atoms with Crippen molar-refractivity contribution in [1.29, 1.82) is 0 Å². The van der Waals surface area contributed by atoms with Gasteiger partial charge in [-0.2, -0.15) is 0 Å². The van der Waals surface area contributed by atoms with Gasteiger partial charge in [-0.3, -0.25) is 9.69 Å². The summed E-state index contributed by atoms with van der Waals surface area (Å²) in [7, 11) is 0. The molecule has 0 bridgehead atoms. The maximum atomic E-state index is 13.0. The Balaban J connectivity index is 1.27. The molecule has 2 aromatic rings. The van der Waals surface area contributed by atoms with Crippen molar-refractivity contribution in [2.75, 3.05) is 13.1 Å². The average molecular weight is 381 g/mol. The lowest BCUT2D eigenvalue weighted by Gasteiger charge is -2.32. The minimum atomic E-state index is -0.198. The summed E-state index contributed by atoms with van der Waals surface area (Å²) in [4.78, 5) is 15.1. The van der Waals surface area contributed by atoms with Crippen LogP contribution in [0.2, 0.25) is 0 Å². The summed E-state index contributed by atoms with van der Waals surface area (Å²) < 4.78 is 13.0. The van der Waals surface area contributed by atoms with Crippen LogP contribution in [0.4, 0.5) is 4.39 Å². The normalized spacial score (nSPS) is 18.6. The number of hydrogen-bond donors (Lipinski definition) is 1. The quantitative estimate of drug-likeness (QED) is 0.834. The highest BCUT2D eigenvalue weighted by Gasteiger charge is 2.26. The van der Waals surface area contributed by atoms with Crippen molar-refractivity contribution in [2.24, 2.45) is 5.92 Å². The average Bonchev–Trinajstić information content (AvgIpc) is 3.18. The molecule has 1 atom stereocenters. The molecule has 4 rings (SSSR count). The Bertz CT molecular complexity index is 825. The van der Waals surface area contributed by atoms with Crippen LogP contribution in [-0.2, 0) is 24.2 Å². The number of amides is 1. The summed E-state index contributed by atoms with van der Waals surface area (Å²) in [6, 6.07) is 13.4. The van der Waals surface area contributed by atoms with E-state index in [1.807, 2.05) is 12.1 Å². The summed E-state index contributed by atoms with van der Waals surface area (Å²) in [5.41, 5.74) is 5.25. The Labute approximate surface area is 166 Å². The van der Waals surface area contributed by atoms with Gasteiger partial charge < -0.3 is 5.32 Å². The first-order valence-electron chi connectivity index (χ1n) is 10.5. The number of fused-ring (bicyclic) bond motifs is 1. The van der Waals surface area contributed by atoms with Crippen molar-refractivity contribution in [3.8, 4) is 0 Å². The van der Waals surface area contributed by atoms with Crippen molar-refractivity contribution in [2.45, 2.75) is 51.6 Å². The fourth-order valence-electron chi connectivity index (χ4n) is 4.48. The van der Waals surface area contributed by atoms with Crippen molar-refractivity contribution >= 4 is 5.91 Å². The second kappa shape index (κ2) is 8.44. The van der Waals surface area contributed by atoms with E-state index in [-0.39, 0.29) is 23.7 Å². The Kier molecular flexibility index (Phi) is 5.77. The number of likely N-dealkylation sites (tertiary alicyclic amines) is 1. The highest BCUT2D eigenvalue weighted by Crippen LogP contribution is 2.26. The molecule has 28 heavy (non-hydrogen) atoms. The van der Waals surface area contributed by atoms with Crippen LogP contribution in [0.25, 0.3) is 0 Å². The molecule has 0 spiro atoms. The lowest BCUT2D eigenvalue weighted by Crippen LogP contribution is -2.40. The zero-order chi connectivity index (χ0) is 19.5.